The quantitative estimate of drug-likeness (QED) is 0.200. The number of ether oxygens (including phenoxy) is 2. The van der Waals surface area contributed by atoms with Crippen LogP contribution in [0, 0.1) is 0 Å². The molecular weight excluding hydrogens is 584 g/mol. The first-order chi connectivity index (χ1) is 20.9. The van der Waals surface area contributed by atoms with Crippen molar-refractivity contribution in [3.8, 4) is 6.01 Å². The van der Waals surface area contributed by atoms with Crippen LogP contribution in [0.25, 0.3) is 11.2 Å². The molecule has 0 radical (unpaired) electrons. The van der Waals surface area contributed by atoms with Gasteiger partial charge in [-0.2, -0.15) is 9.97 Å². The Balaban J connectivity index is 1.44. The predicted octanol–water partition coefficient (Wildman–Crippen LogP) is 2.57. The molecule has 3 heterocycles. The highest BCUT2D eigenvalue weighted by Gasteiger charge is 2.22. The molecule has 14 heteroatoms. The Morgan fingerprint density at radius 3 is 2.41 bits per heavy atom. The summed E-state index contributed by atoms with van der Waals surface area (Å²) in [7, 11) is -3.61. The monoisotopic (exact) mass is 632 g/mol. The molecule has 0 atom stereocenters. The van der Waals surface area contributed by atoms with Crippen molar-refractivity contribution in [2.75, 3.05) is 58.3 Å². The number of nitrogens with two attached hydrogens (primary N) is 1. The maximum Gasteiger partial charge on any atom is 0.327 e. The van der Waals surface area contributed by atoms with Gasteiger partial charge in [-0.05, 0) is 70.8 Å². The number of aromatic amines is 1. The van der Waals surface area contributed by atoms with Gasteiger partial charge in [0.05, 0.1) is 24.7 Å². The summed E-state index contributed by atoms with van der Waals surface area (Å²) in [6.07, 6.45) is 3.53. The average Bonchev–Trinajstić information content (AvgIpc) is 3.28. The second-order valence-electron chi connectivity index (χ2n) is 12.3. The molecule has 0 saturated carbocycles. The number of rotatable bonds is 16. The average molecular weight is 633 g/mol. The van der Waals surface area contributed by atoms with Gasteiger partial charge in [-0.15, -0.1) is 0 Å². The molecule has 1 aliphatic heterocycles. The standard InChI is InChI=1S/C30H48N8O5S/c1-5-6-19-43-28-33-26(31)25-27(34-28)38(29(39)32-25)16-8-15-37(14-7-13-36-17-20-42-21-18-36)22-23-9-11-24(12-10-23)44(40,41)35-30(2,3)4/h9-12,35H,5-8,13-22H2,1-4H3,(H,32,39)(H2,31,33,34). The van der Waals surface area contributed by atoms with Crippen molar-refractivity contribution in [3.63, 3.8) is 0 Å². The lowest BCUT2D eigenvalue weighted by molar-refractivity contribution is 0.0359. The van der Waals surface area contributed by atoms with Crippen LogP contribution in [-0.2, 0) is 27.8 Å². The number of sulfonamides is 1. The fraction of sp³-hybridized carbons (Fsp3) is 0.633. The van der Waals surface area contributed by atoms with Crippen LogP contribution in [0.3, 0.4) is 0 Å². The van der Waals surface area contributed by atoms with Crippen molar-refractivity contribution >= 4 is 27.0 Å². The van der Waals surface area contributed by atoms with E-state index < -0.39 is 15.6 Å². The molecule has 3 aromatic rings. The second-order valence-corrected chi connectivity index (χ2v) is 14.0. The van der Waals surface area contributed by atoms with E-state index in [0.717, 1.165) is 70.8 Å². The highest BCUT2D eigenvalue weighted by molar-refractivity contribution is 7.89. The van der Waals surface area contributed by atoms with Crippen LogP contribution < -0.4 is 20.9 Å². The van der Waals surface area contributed by atoms with E-state index in [2.05, 4.69) is 36.4 Å². The first-order valence-corrected chi connectivity index (χ1v) is 17.0. The third-order valence-electron chi connectivity index (χ3n) is 7.35. The number of aryl methyl sites for hydroxylation is 1. The zero-order valence-electron chi connectivity index (χ0n) is 26.5. The molecule has 0 aliphatic carbocycles. The van der Waals surface area contributed by atoms with Gasteiger partial charge < -0.3 is 20.2 Å². The SMILES string of the molecule is CCCCOc1nc(N)c2[nH]c(=O)n(CCCN(CCCN3CCOCC3)Cc3ccc(S(=O)(=O)NC(C)(C)C)cc3)c2n1. The van der Waals surface area contributed by atoms with Crippen LogP contribution >= 0.6 is 0 Å². The number of unbranched alkanes of at least 4 members (excludes halogenated alkanes) is 1. The Morgan fingerprint density at radius 1 is 1.07 bits per heavy atom. The van der Waals surface area contributed by atoms with Crippen LogP contribution in [0.4, 0.5) is 5.82 Å². The Morgan fingerprint density at radius 2 is 1.75 bits per heavy atom. The van der Waals surface area contributed by atoms with E-state index in [-0.39, 0.29) is 22.4 Å². The molecule has 13 nitrogen and oxygen atoms in total. The number of H-pyrrole nitrogens is 1. The highest BCUT2D eigenvalue weighted by atomic mass is 32.2. The third kappa shape index (κ3) is 9.73. The second kappa shape index (κ2) is 15.3. The summed E-state index contributed by atoms with van der Waals surface area (Å²) in [5.74, 6) is 0.185. The Hall–Kier alpha value is -3.04. The van der Waals surface area contributed by atoms with E-state index in [1.54, 1.807) is 16.7 Å². The third-order valence-corrected chi connectivity index (χ3v) is 9.12. The van der Waals surface area contributed by atoms with E-state index in [1.807, 2.05) is 32.9 Å². The van der Waals surface area contributed by atoms with Crippen molar-refractivity contribution in [2.45, 2.75) is 76.9 Å². The van der Waals surface area contributed by atoms with Crippen LogP contribution in [0.1, 0.15) is 58.9 Å². The minimum atomic E-state index is -3.61. The van der Waals surface area contributed by atoms with E-state index in [9.17, 15) is 13.2 Å². The summed E-state index contributed by atoms with van der Waals surface area (Å²) in [6, 6.07) is 7.23. The zero-order chi connectivity index (χ0) is 31.7. The molecule has 1 fully saturated rings. The number of benzene rings is 1. The number of nitrogens with one attached hydrogen (secondary N) is 2. The van der Waals surface area contributed by atoms with Crippen molar-refractivity contribution in [1.82, 2.24) is 34.0 Å². The number of nitrogen functional groups attached to an aromatic ring is 1. The summed E-state index contributed by atoms with van der Waals surface area (Å²) in [6.45, 7) is 15.1. The van der Waals surface area contributed by atoms with Gasteiger partial charge in [0, 0.05) is 38.3 Å². The van der Waals surface area contributed by atoms with Crippen molar-refractivity contribution in [1.29, 1.82) is 0 Å². The Kier molecular flexibility index (Phi) is 11.8. The van der Waals surface area contributed by atoms with Crippen molar-refractivity contribution < 1.29 is 17.9 Å². The molecule has 4 rings (SSSR count). The van der Waals surface area contributed by atoms with Gasteiger partial charge >= 0.3 is 11.7 Å². The summed E-state index contributed by atoms with van der Waals surface area (Å²) >= 11 is 0. The van der Waals surface area contributed by atoms with Gasteiger partial charge in [0.1, 0.15) is 5.52 Å². The lowest BCUT2D eigenvalue weighted by Crippen LogP contribution is -2.40. The molecule has 0 unspecified atom stereocenters. The molecule has 0 amide bonds. The Bertz CT molecular complexity index is 1510. The topological polar surface area (TPSA) is 161 Å². The molecule has 1 saturated heterocycles. The lowest BCUT2D eigenvalue weighted by Gasteiger charge is -2.28. The van der Waals surface area contributed by atoms with Gasteiger partial charge in [-0.25, -0.2) is 17.9 Å². The molecule has 4 N–H and O–H groups in total. The molecular formula is C30H48N8O5S. The molecule has 2 aromatic heterocycles. The highest BCUT2D eigenvalue weighted by Crippen LogP contribution is 2.19. The summed E-state index contributed by atoms with van der Waals surface area (Å²) in [5.41, 5.74) is 7.13. The number of imidazole rings is 1. The fourth-order valence-electron chi connectivity index (χ4n) is 5.17. The number of anilines is 1. The van der Waals surface area contributed by atoms with Gasteiger partial charge in [0.2, 0.25) is 10.0 Å². The number of fused-ring (bicyclic) bond motifs is 1. The minimum Gasteiger partial charge on any atom is -0.463 e. The van der Waals surface area contributed by atoms with Crippen LogP contribution in [0.2, 0.25) is 0 Å². The van der Waals surface area contributed by atoms with Gasteiger partial charge in [0.15, 0.2) is 11.5 Å². The van der Waals surface area contributed by atoms with E-state index >= 15 is 0 Å². The molecule has 0 bridgehead atoms. The van der Waals surface area contributed by atoms with E-state index in [0.29, 0.717) is 37.3 Å². The smallest absolute Gasteiger partial charge is 0.327 e. The largest absolute Gasteiger partial charge is 0.463 e. The maximum absolute atomic E-state index is 12.8. The molecule has 0 spiro atoms. The normalized spacial score (nSPS) is 14.9. The van der Waals surface area contributed by atoms with Gasteiger partial charge in [-0.1, -0.05) is 25.5 Å². The summed E-state index contributed by atoms with van der Waals surface area (Å²) in [4.78, 5) is 29.3. The van der Waals surface area contributed by atoms with E-state index in [4.69, 9.17) is 15.2 Å². The maximum atomic E-state index is 12.8. The number of aromatic nitrogens is 4. The van der Waals surface area contributed by atoms with Crippen LogP contribution in [0.15, 0.2) is 34.0 Å². The first kappa shape index (κ1) is 33.8. The first-order valence-electron chi connectivity index (χ1n) is 15.5. The van der Waals surface area contributed by atoms with Crippen molar-refractivity contribution in [3.05, 3.63) is 40.3 Å². The number of morpholine rings is 1. The molecule has 244 valence electrons. The molecule has 1 aliphatic rings. The number of hydrogen-bond acceptors (Lipinski definition) is 10. The molecule has 1 aromatic carbocycles. The zero-order valence-corrected chi connectivity index (χ0v) is 27.3. The minimum absolute atomic E-state index is 0.170. The summed E-state index contributed by atoms with van der Waals surface area (Å²) < 4.78 is 41.0. The van der Waals surface area contributed by atoms with E-state index in [1.165, 1.54) is 0 Å². The van der Waals surface area contributed by atoms with Crippen LogP contribution in [0.5, 0.6) is 6.01 Å². The summed E-state index contributed by atoms with van der Waals surface area (Å²) in [5, 5.41) is 0. The van der Waals surface area contributed by atoms with Gasteiger partial charge in [0.25, 0.3) is 0 Å². The fourth-order valence-corrected chi connectivity index (χ4v) is 6.59. The predicted molar refractivity (Wildman–Crippen MR) is 171 cm³/mol. The van der Waals surface area contributed by atoms with Crippen molar-refractivity contribution in [2.24, 2.45) is 0 Å². The Labute approximate surface area is 260 Å². The van der Waals surface area contributed by atoms with Crippen LogP contribution in [-0.4, -0.2) is 95.8 Å². The number of hydrogen-bond donors (Lipinski definition) is 3. The molecule has 44 heavy (non-hydrogen) atoms. The van der Waals surface area contributed by atoms with Gasteiger partial charge in [-0.3, -0.25) is 14.4 Å². The number of nitrogens with zero attached hydrogens (tertiary/aromatic N) is 5. The lowest BCUT2D eigenvalue weighted by atomic mass is 10.1.